The Labute approximate surface area is 143 Å². The number of ether oxygens (including phenoxy) is 1. The fourth-order valence-corrected chi connectivity index (χ4v) is 2.81. The molecule has 1 N–H and O–H groups in total. The van der Waals surface area contributed by atoms with E-state index in [0.29, 0.717) is 6.61 Å². The molecule has 0 atom stereocenters. The van der Waals surface area contributed by atoms with Gasteiger partial charge in [0, 0.05) is 0 Å². The topological polar surface area (TPSA) is 49.8 Å². The van der Waals surface area contributed by atoms with Gasteiger partial charge in [-0.25, -0.2) is 4.79 Å². The number of unbranched alkanes of at least 4 members (excludes halogenated alkanes) is 13. The molecule has 0 aliphatic heterocycles. The second kappa shape index (κ2) is 17.6. The van der Waals surface area contributed by atoms with Crippen LogP contribution >= 0.6 is 0 Å². The molecular weight excluding hydrogens is 290 g/mol. The SMILES string of the molecule is CN(C)CCCCCCCCCCCCCCCCOC(=O)O. The highest BCUT2D eigenvalue weighted by Crippen LogP contribution is 2.13. The van der Waals surface area contributed by atoms with Crippen molar-refractivity contribution in [3.8, 4) is 0 Å². The largest absolute Gasteiger partial charge is 0.505 e. The number of hydrogen-bond donors (Lipinski definition) is 1. The van der Waals surface area contributed by atoms with E-state index in [9.17, 15) is 4.79 Å². The van der Waals surface area contributed by atoms with E-state index >= 15 is 0 Å². The maximum absolute atomic E-state index is 10.1. The Morgan fingerprint density at radius 3 is 1.39 bits per heavy atom. The van der Waals surface area contributed by atoms with Crippen molar-refractivity contribution in [2.24, 2.45) is 0 Å². The van der Waals surface area contributed by atoms with E-state index in [1.807, 2.05) is 0 Å². The summed E-state index contributed by atoms with van der Waals surface area (Å²) < 4.78 is 4.48. The Hall–Kier alpha value is -0.770. The van der Waals surface area contributed by atoms with Gasteiger partial charge in [-0.15, -0.1) is 0 Å². The molecule has 0 aromatic heterocycles. The van der Waals surface area contributed by atoms with Gasteiger partial charge < -0.3 is 14.7 Å². The van der Waals surface area contributed by atoms with Crippen LogP contribution < -0.4 is 0 Å². The molecule has 0 aliphatic rings. The third-order valence-corrected chi connectivity index (χ3v) is 4.23. The van der Waals surface area contributed by atoms with Gasteiger partial charge in [0.25, 0.3) is 0 Å². The Balaban J connectivity index is 2.99. The number of rotatable bonds is 17. The fourth-order valence-electron chi connectivity index (χ4n) is 2.81. The van der Waals surface area contributed by atoms with Gasteiger partial charge in [0.05, 0.1) is 6.61 Å². The molecule has 0 aromatic carbocycles. The van der Waals surface area contributed by atoms with Crippen molar-refractivity contribution < 1.29 is 14.6 Å². The van der Waals surface area contributed by atoms with Crippen molar-refractivity contribution in [3.05, 3.63) is 0 Å². The molecule has 0 fully saturated rings. The Morgan fingerprint density at radius 1 is 0.696 bits per heavy atom. The van der Waals surface area contributed by atoms with Crippen LogP contribution in [0.4, 0.5) is 4.79 Å². The van der Waals surface area contributed by atoms with E-state index in [1.54, 1.807) is 0 Å². The van der Waals surface area contributed by atoms with Crippen molar-refractivity contribution in [1.82, 2.24) is 4.90 Å². The quantitative estimate of drug-likeness (QED) is 0.274. The normalized spacial score (nSPS) is 11.1. The van der Waals surface area contributed by atoms with Gasteiger partial charge in [0.15, 0.2) is 0 Å². The second-order valence-electron chi connectivity index (χ2n) is 6.87. The smallest absolute Gasteiger partial charge is 0.450 e. The van der Waals surface area contributed by atoms with E-state index in [0.717, 1.165) is 12.8 Å². The van der Waals surface area contributed by atoms with E-state index in [4.69, 9.17) is 5.11 Å². The molecule has 0 radical (unpaired) electrons. The first-order valence-electron chi connectivity index (χ1n) is 9.63. The molecule has 0 aliphatic carbocycles. The van der Waals surface area contributed by atoms with Crippen molar-refractivity contribution in [3.63, 3.8) is 0 Å². The standard InChI is InChI=1S/C19H39NO3/c1-20(2)17-15-13-11-9-7-5-3-4-6-8-10-12-14-16-18-23-19(21)22/h3-18H2,1-2H3,(H,21,22). The molecule has 0 bridgehead atoms. The predicted molar refractivity (Wildman–Crippen MR) is 97.2 cm³/mol. The molecule has 23 heavy (non-hydrogen) atoms. The fraction of sp³-hybridized carbons (Fsp3) is 0.947. The van der Waals surface area contributed by atoms with Crippen molar-refractivity contribution in [2.75, 3.05) is 27.2 Å². The average Bonchev–Trinajstić information content (AvgIpc) is 2.49. The molecule has 0 saturated heterocycles. The summed E-state index contributed by atoms with van der Waals surface area (Å²) >= 11 is 0. The Bertz CT molecular complexity index is 257. The van der Waals surface area contributed by atoms with E-state index in [-0.39, 0.29) is 0 Å². The molecule has 0 saturated carbocycles. The summed E-state index contributed by atoms with van der Waals surface area (Å²) in [5.74, 6) is 0. The lowest BCUT2D eigenvalue weighted by Crippen LogP contribution is -2.12. The number of carbonyl (C=O) groups is 1. The monoisotopic (exact) mass is 329 g/mol. The lowest BCUT2D eigenvalue weighted by atomic mass is 10.0. The first kappa shape index (κ1) is 22.2. The van der Waals surface area contributed by atoms with E-state index in [1.165, 1.54) is 83.6 Å². The summed E-state index contributed by atoms with van der Waals surface area (Å²) in [5, 5.41) is 8.32. The minimum absolute atomic E-state index is 0.352. The Kier molecular flexibility index (Phi) is 17.0. The number of hydrogen-bond acceptors (Lipinski definition) is 3. The first-order valence-corrected chi connectivity index (χ1v) is 9.63. The third-order valence-electron chi connectivity index (χ3n) is 4.23. The lowest BCUT2D eigenvalue weighted by Gasteiger charge is -2.08. The average molecular weight is 330 g/mol. The zero-order valence-corrected chi connectivity index (χ0v) is 15.5. The van der Waals surface area contributed by atoms with Crippen molar-refractivity contribution in [1.29, 1.82) is 0 Å². The van der Waals surface area contributed by atoms with Crippen LogP contribution in [0.2, 0.25) is 0 Å². The van der Waals surface area contributed by atoms with Gasteiger partial charge in [0.2, 0.25) is 0 Å². The molecule has 4 heteroatoms. The van der Waals surface area contributed by atoms with Gasteiger partial charge >= 0.3 is 6.16 Å². The number of nitrogens with zero attached hydrogens (tertiary/aromatic N) is 1. The van der Waals surface area contributed by atoms with Crippen LogP contribution in [0.3, 0.4) is 0 Å². The molecule has 0 amide bonds. The summed E-state index contributed by atoms with van der Waals surface area (Å²) in [6, 6.07) is 0. The van der Waals surface area contributed by atoms with Gasteiger partial charge in [-0.05, 0) is 33.5 Å². The summed E-state index contributed by atoms with van der Waals surface area (Å²) in [5.41, 5.74) is 0. The summed E-state index contributed by atoms with van der Waals surface area (Å²) in [6.07, 6.45) is 17.1. The molecule has 0 rings (SSSR count). The van der Waals surface area contributed by atoms with Crippen LogP contribution in [-0.4, -0.2) is 43.4 Å². The minimum atomic E-state index is -1.15. The molecule has 4 nitrogen and oxygen atoms in total. The maximum atomic E-state index is 10.1. The van der Waals surface area contributed by atoms with Crippen LogP contribution in [0.1, 0.15) is 89.9 Å². The van der Waals surface area contributed by atoms with Gasteiger partial charge in [-0.2, -0.15) is 0 Å². The minimum Gasteiger partial charge on any atom is -0.450 e. The van der Waals surface area contributed by atoms with Crippen LogP contribution in [-0.2, 0) is 4.74 Å². The highest BCUT2D eigenvalue weighted by molar-refractivity contribution is 5.56. The summed E-state index contributed by atoms with van der Waals surface area (Å²) in [6.45, 7) is 1.58. The molecule has 138 valence electrons. The summed E-state index contributed by atoms with van der Waals surface area (Å²) in [4.78, 5) is 12.4. The van der Waals surface area contributed by atoms with Crippen LogP contribution in [0.5, 0.6) is 0 Å². The van der Waals surface area contributed by atoms with Crippen molar-refractivity contribution >= 4 is 6.16 Å². The van der Waals surface area contributed by atoms with Crippen molar-refractivity contribution in [2.45, 2.75) is 89.9 Å². The van der Waals surface area contributed by atoms with E-state index < -0.39 is 6.16 Å². The third kappa shape index (κ3) is 21.2. The highest BCUT2D eigenvalue weighted by atomic mass is 16.7. The zero-order chi connectivity index (χ0) is 17.2. The van der Waals surface area contributed by atoms with E-state index in [2.05, 4.69) is 23.7 Å². The van der Waals surface area contributed by atoms with Gasteiger partial charge in [-0.1, -0.05) is 77.0 Å². The maximum Gasteiger partial charge on any atom is 0.505 e. The van der Waals surface area contributed by atoms with Crippen LogP contribution in [0, 0.1) is 0 Å². The van der Waals surface area contributed by atoms with Crippen LogP contribution in [0.25, 0.3) is 0 Å². The van der Waals surface area contributed by atoms with Gasteiger partial charge in [0.1, 0.15) is 0 Å². The zero-order valence-electron chi connectivity index (χ0n) is 15.5. The lowest BCUT2D eigenvalue weighted by molar-refractivity contribution is 0.0899. The first-order chi connectivity index (χ1) is 11.1. The van der Waals surface area contributed by atoms with Gasteiger partial charge in [-0.3, -0.25) is 0 Å². The predicted octanol–water partition coefficient (Wildman–Crippen LogP) is 5.70. The summed E-state index contributed by atoms with van der Waals surface area (Å²) in [7, 11) is 4.29. The molecule has 0 unspecified atom stereocenters. The molecule has 0 aromatic rings. The van der Waals surface area contributed by atoms with Crippen LogP contribution in [0.15, 0.2) is 0 Å². The Morgan fingerprint density at radius 2 is 1.04 bits per heavy atom. The molecule has 0 spiro atoms. The molecular formula is C19H39NO3. The highest BCUT2D eigenvalue weighted by Gasteiger charge is 1.97. The number of carboxylic acid groups (broad SMARTS) is 1. The second-order valence-corrected chi connectivity index (χ2v) is 6.87. The molecule has 0 heterocycles.